The summed E-state index contributed by atoms with van der Waals surface area (Å²) in [6.07, 6.45) is 0. The van der Waals surface area contributed by atoms with E-state index >= 15 is 0 Å². The van der Waals surface area contributed by atoms with Crippen LogP contribution in [0.5, 0.6) is 5.75 Å². The second kappa shape index (κ2) is 7.94. The van der Waals surface area contributed by atoms with Gasteiger partial charge in [0.25, 0.3) is 5.91 Å². The minimum Gasteiger partial charge on any atom is -0.486 e. The van der Waals surface area contributed by atoms with Crippen LogP contribution in [0.4, 0.5) is 5.69 Å². The molecule has 0 aliphatic carbocycles. The summed E-state index contributed by atoms with van der Waals surface area (Å²) in [4.78, 5) is 23.0. The highest BCUT2D eigenvalue weighted by atomic mass is 35.5. The molecule has 7 nitrogen and oxygen atoms in total. The van der Waals surface area contributed by atoms with Crippen molar-refractivity contribution >= 4 is 40.5 Å². The van der Waals surface area contributed by atoms with Crippen molar-refractivity contribution in [2.75, 3.05) is 5.32 Å². The van der Waals surface area contributed by atoms with E-state index in [4.69, 9.17) is 21.4 Å². The molecule has 0 bridgehead atoms. The number of nitrogens with zero attached hydrogens (tertiary/aromatic N) is 2. The lowest BCUT2D eigenvalue weighted by molar-refractivity contribution is 0.0696. The quantitative estimate of drug-likeness (QED) is 0.666. The molecule has 0 aliphatic heterocycles. The highest BCUT2D eigenvalue weighted by Crippen LogP contribution is 2.19. The molecule has 0 unspecified atom stereocenters. The van der Waals surface area contributed by atoms with Gasteiger partial charge in [-0.2, -0.15) is 0 Å². The molecule has 0 atom stereocenters. The third-order valence-corrected chi connectivity index (χ3v) is 4.37. The van der Waals surface area contributed by atoms with Crippen LogP contribution in [0.25, 0.3) is 0 Å². The molecule has 9 heteroatoms. The maximum absolute atomic E-state index is 12.2. The lowest BCUT2D eigenvalue weighted by Crippen LogP contribution is -2.11. The van der Waals surface area contributed by atoms with Gasteiger partial charge in [0.15, 0.2) is 5.01 Å². The van der Waals surface area contributed by atoms with Gasteiger partial charge < -0.3 is 15.2 Å². The molecule has 0 aliphatic rings. The maximum atomic E-state index is 12.2. The van der Waals surface area contributed by atoms with E-state index in [-0.39, 0.29) is 17.2 Å². The van der Waals surface area contributed by atoms with E-state index in [0.717, 1.165) is 11.3 Å². The predicted molar refractivity (Wildman–Crippen MR) is 97.0 cm³/mol. The number of hydrogen-bond acceptors (Lipinski definition) is 6. The third kappa shape index (κ3) is 4.56. The van der Waals surface area contributed by atoms with Crippen molar-refractivity contribution in [2.24, 2.45) is 0 Å². The predicted octanol–water partition coefficient (Wildman–Crippen LogP) is 3.72. The van der Waals surface area contributed by atoms with Crippen molar-refractivity contribution < 1.29 is 19.4 Å². The summed E-state index contributed by atoms with van der Waals surface area (Å²) in [5, 5.41) is 20.6. The lowest BCUT2D eigenvalue weighted by Gasteiger charge is -2.03. The summed E-state index contributed by atoms with van der Waals surface area (Å²) in [6, 6.07) is 12.7. The minimum atomic E-state index is -1.03. The molecule has 1 heterocycles. The normalized spacial score (nSPS) is 10.3. The molecule has 26 heavy (non-hydrogen) atoms. The van der Waals surface area contributed by atoms with Crippen LogP contribution in [0.2, 0.25) is 5.02 Å². The molecule has 3 rings (SSSR count). The standard InChI is InChI=1S/C17H12ClN3O4S/c18-11-3-7-13(8-4-11)25-9-14-20-21-16(26-14)15(22)19-12-5-1-10(2-6-12)17(23)24/h1-8H,9H2,(H,19,22)(H,23,24). The number of halogens is 1. The number of carboxylic acids is 1. The van der Waals surface area contributed by atoms with E-state index in [0.29, 0.717) is 21.5 Å². The van der Waals surface area contributed by atoms with Gasteiger partial charge in [-0.25, -0.2) is 4.79 Å². The zero-order valence-corrected chi connectivity index (χ0v) is 14.8. The monoisotopic (exact) mass is 389 g/mol. The number of nitrogens with one attached hydrogen (secondary N) is 1. The Bertz CT molecular complexity index is 926. The fourth-order valence-corrected chi connectivity index (χ4v) is 2.73. The van der Waals surface area contributed by atoms with Crippen molar-refractivity contribution in [2.45, 2.75) is 6.61 Å². The highest BCUT2D eigenvalue weighted by molar-refractivity contribution is 7.13. The third-order valence-electron chi connectivity index (χ3n) is 3.23. The van der Waals surface area contributed by atoms with Crippen LogP contribution in [0.1, 0.15) is 25.2 Å². The average molecular weight is 390 g/mol. The summed E-state index contributed by atoms with van der Waals surface area (Å²) in [6.45, 7) is 0.180. The first kappa shape index (κ1) is 17.8. The first-order chi connectivity index (χ1) is 12.5. The number of carboxylic acid groups (broad SMARTS) is 1. The van der Waals surface area contributed by atoms with E-state index in [2.05, 4.69) is 15.5 Å². The number of carbonyl (C=O) groups is 2. The Balaban J connectivity index is 1.58. The Hall–Kier alpha value is -2.97. The number of aromatic carboxylic acids is 1. The molecule has 2 aromatic carbocycles. The number of rotatable bonds is 6. The number of amides is 1. The molecule has 132 valence electrons. The summed E-state index contributed by atoms with van der Waals surface area (Å²) >= 11 is 6.92. The maximum Gasteiger partial charge on any atom is 0.335 e. The Morgan fingerprint density at radius 3 is 2.42 bits per heavy atom. The molecule has 0 spiro atoms. The topological polar surface area (TPSA) is 101 Å². The van der Waals surface area contributed by atoms with Gasteiger partial charge in [-0.1, -0.05) is 22.9 Å². The van der Waals surface area contributed by atoms with Gasteiger partial charge in [0.05, 0.1) is 5.56 Å². The van der Waals surface area contributed by atoms with Gasteiger partial charge in [0.2, 0.25) is 5.01 Å². The van der Waals surface area contributed by atoms with Gasteiger partial charge in [-0.3, -0.25) is 4.79 Å². The van der Waals surface area contributed by atoms with Crippen LogP contribution in [-0.2, 0) is 6.61 Å². The molecule has 1 amide bonds. The molecular weight excluding hydrogens is 378 g/mol. The summed E-state index contributed by atoms with van der Waals surface area (Å²) in [5.74, 6) is -0.824. The highest BCUT2D eigenvalue weighted by Gasteiger charge is 2.14. The van der Waals surface area contributed by atoms with Crippen molar-refractivity contribution in [1.82, 2.24) is 10.2 Å². The second-order valence-corrected chi connectivity index (χ2v) is 6.58. The smallest absolute Gasteiger partial charge is 0.335 e. The largest absolute Gasteiger partial charge is 0.486 e. The van der Waals surface area contributed by atoms with E-state index in [1.165, 1.54) is 24.3 Å². The summed E-state index contributed by atoms with van der Waals surface area (Å²) in [7, 11) is 0. The van der Waals surface area contributed by atoms with Crippen molar-refractivity contribution in [1.29, 1.82) is 0 Å². The number of ether oxygens (including phenoxy) is 1. The van der Waals surface area contributed by atoms with Gasteiger partial charge >= 0.3 is 5.97 Å². The van der Waals surface area contributed by atoms with Crippen LogP contribution in [0.3, 0.4) is 0 Å². The van der Waals surface area contributed by atoms with Gasteiger partial charge in [0.1, 0.15) is 12.4 Å². The van der Waals surface area contributed by atoms with Crippen LogP contribution in [0, 0.1) is 0 Å². The SMILES string of the molecule is O=C(O)c1ccc(NC(=O)c2nnc(COc3ccc(Cl)cc3)s2)cc1. The summed E-state index contributed by atoms with van der Waals surface area (Å²) in [5.41, 5.74) is 0.606. The molecule has 0 radical (unpaired) electrons. The van der Waals surface area contributed by atoms with Gasteiger partial charge in [0, 0.05) is 10.7 Å². The first-order valence-electron chi connectivity index (χ1n) is 7.37. The number of benzene rings is 2. The van der Waals surface area contributed by atoms with Crippen molar-refractivity contribution in [3.8, 4) is 5.75 Å². The van der Waals surface area contributed by atoms with Crippen LogP contribution >= 0.6 is 22.9 Å². The average Bonchev–Trinajstić information content (AvgIpc) is 3.11. The minimum absolute atomic E-state index is 0.139. The Labute approximate surface area is 157 Å². The second-order valence-electron chi connectivity index (χ2n) is 5.08. The molecule has 3 aromatic rings. The molecule has 0 saturated carbocycles. The first-order valence-corrected chi connectivity index (χ1v) is 8.56. The van der Waals surface area contributed by atoms with E-state index < -0.39 is 11.9 Å². The fraction of sp³-hybridized carbons (Fsp3) is 0.0588. The number of carbonyl (C=O) groups excluding carboxylic acids is 1. The lowest BCUT2D eigenvalue weighted by atomic mass is 10.2. The Morgan fingerprint density at radius 2 is 1.77 bits per heavy atom. The van der Waals surface area contributed by atoms with Crippen LogP contribution in [-0.4, -0.2) is 27.2 Å². The van der Waals surface area contributed by atoms with Crippen LogP contribution in [0.15, 0.2) is 48.5 Å². The van der Waals surface area contributed by atoms with E-state index in [1.54, 1.807) is 24.3 Å². The Kier molecular flexibility index (Phi) is 5.45. The van der Waals surface area contributed by atoms with Crippen LogP contribution < -0.4 is 10.1 Å². The van der Waals surface area contributed by atoms with E-state index in [9.17, 15) is 9.59 Å². The molecule has 2 N–H and O–H groups in total. The zero-order valence-electron chi connectivity index (χ0n) is 13.2. The summed E-state index contributed by atoms with van der Waals surface area (Å²) < 4.78 is 5.56. The van der Waals surface area contributed by atoms with E-state index in [1.807, 2.05) is 0 Å². The Morgan fingerprint density at radius 1 is 1.08 bits per heavy atom. The number of hydrogen-bond donors (Lipinski definition) is 2. The van der Waals surface area contributed by atoms with Gasteiger partial charge in [-0.15, -0.1) is 10.2 Å². The molecule has 0 fully saturated rings. The molecular formula is C17H12ClN3O4S. The van der Waals surface area contributed by atoms with Crippen molar-refractivity contribution in [3.63, 3.8) is 0 Å². The molecule has 0 saturated heterocycles. The fourth-order valence-electron chi connectivity index (χ4n) is 1.96. The van der Waals surface area contributed by atoms with Crippen molar-refractivity contribution in [3.05, 3.63) is 69.1 Å². The number of aromatic nitrogens is 2. The zero-order chi connectivity index (χ0) is 18.5. The molecule has 1 aromatic heterocycles. The number of anilines is 1. The van der Waals surface area contributed by atoms with Gasteiger partial charge in [-0.05, 0) is 48.5 Å².